The predicted octanol–water partition coefficient (Wildman–Crippen LogP) is 2.47. The third-order valence-corrected chi connectivity index (χ3v) is 4.77. The van der Waals surface area contributed by atoms with Crippen molar-refractivity contribution in [1.29, 1.82) is 0 Å². The molecule has 3 rings (SSSR count). The number of nitrogens with zero attached hydrogens (tertiary/aromatic N) is 2. The van der Waals surface area contributed by atoms with Gasteiger partial charge in [-0.2, -0.15) is 0 Å². The van der Waals surface area contributed by atoms with Gasteiger partial charge in [0.1, 0.15) is 0 Å². The molecule has 1 fully saturated rings. The highest BCUT2D eigenvalue weighted by atomic mass is 16.2. The minimum absolute atomic E-state index is 0.0495. The average molecular weight is 300 g/mol. The van der Waals surface area contributed by atoms with Gasteiger partial charge in [0.05, 0.1) is 0 Å². The number of carbonyl (C=O) groups is 2. The van der Waals surface area contributed by atoms with Gasteiger partial charge in [0.25, 0.3) is 0 Å². The number of rotatable bonds is 0. The van der Waals surface area contributed by atoms with Gasteiger partial charge in [-0.1, -0.05) is 32.0 Å². The molecule has 4 nitrogen and oxygen atoms in total. The lowest BCUT2D eigenvalue weighted by atomic mass is 9.92. The van der Waals surface area contributed by atoms with E-state index in [-0.39, 0.29) is 17.9 Å². The Morgan fingerprint density at radius 3 is 2.32 bits per heavy atom. The molecule has 2 amide bonds. The van der Waals surface area contributed by atoms with E-state index in [9.17, 15) is 9.59 Å². The van der Waals surface area contributed by atoms with Crippen molar-refractivity contribution >= 4 is 17.5 Å². The van der Waals surface area contributed by atoms with Crippen LogP contribution in [-0.2, 0) is 16.0 Å². The molecule has 2 aliphatic rings. The van der Waals surface area contributed by atoms with Crippen molar-refractivity contribution in [3.8, 4) is 0 Å². The summed E-state index contributed by atoms with van der Waals surface area (Å²) in [6, 6.07) is 7.93. The number of amides is 2. The Morgan fingerprint density at radius 1 is 1.00 bits per heavy atom. The van der Waals surface area contributed by atoms with E-state index in [1.165, 1.54) is 0 Å². The summed E-state index contributed by atoms with van der Waals surface area (Å²) in [4.78, 5) is 28.9. The summed E-state index contributed by atoms with van der Waals surface area (Å²) < 4.78 is 0. The Hall–Kier alpha value is -1.84. The minimum Gasteiger partial charge on any atom is -0.334 e. The first-order chi connectivity index (χ1) is 10.5. The van der Waals surface area contributed by atoms with E-state index in [1.807, 2.05) is 31.2 Å². The zero-order valence-corrected chi connectivity index (χ0v) is 13.6. The Balaban J connectivity index is 1.80. The van der Waals surface area contributed by atoms with Gasteiger partial charge in [-0.3, -0.25) is 9.59 Å². The largest absolute Gasteiger partial charge is 0.334 e. The molecule has 0 saturated carbocycles. The maximum atomic E-state index is 12.8. The van der Waals surface area contributed by atoms with Crippen LogP contribution in [0.2, 0.25) is 0 Å². The standard InChI is InChI=1S/C18H24N2O2/c1-12-8-13(2)11-19(10-12)17(21)18(22)20-14(3)9-15-6-4-5-7-16(15)20/h4-7,12-14H,8-11H2,1-3H3. The summed E-state index contributed by atoms with van der Waals surface area (Å²) in [7, 11) is 0. The second kappa shape index (κ2) is 5.75. The molecule has 2 aliphatic heterocycles. The van der Waals surface area contributed by atoms with Gasteiger partial charge < -0.3 is 9.80 Å². The number of likely N-dealkylation sites (tertiary alicyclic amines) is 1. The molecule has 4 heteroatoms. The molecule has 0 bridgehead atoms. The fraction of sp³-hybridized carbons (Fsp3) is 0.556. The van der Waals surface area contributed by atoms with E-state index in [1.54, 1.807) is 9.80 Å². The minimum atomic E-state index is -0.376. The van der Waals surface area contributed by atoms with Crippen LogP contribution in [0.3, 0.4) is 0 Å². The fourth-order valence-corrected chi connectivity index (χ4v) is 3.94. The van der Waals surface area contributed by atoms with Crippen LogP contribution in [0.4, 0.5) is 5.69 Å². The number of para-hydroxylation sites is 1. The van der Waals surface area contributed by atoms with Crippen LogP contribution in [0, 0.1) is 11.8 Å². The molecule has 0 N–H and O–H groups in total. The number of carbonyl (C=O) groups excluding carboxylic acids is 2. The van der Waals surface area contributed by atoms with Crippen molar-refractivity contribution in [2.24, 2.45) is 11.8 Å². The summed E-state index contributed by atoms with van der Waals surface area (Å²) in [6.07, 6.45) is 1.95. The summed E-state index contributed by atoms with van der Waals surface area (Å²) in [6.45, 7) is 7.69. The summed E-state index contributed by atoms with van der Waals surface area (Å²) in [5, 5.41) is 0. The van der Waals surface area contributed by atoms with Crippen LogP contribution in [0.5, 0.6) is 0 Å². The summed E-state index contributed by atoms with van der Waals surface area (Å²) in [5.74, 6) is 0.202. The molecule has 0 spiro atoms. The van der Waals surface area contributed by atoms with Crippen LogP contribution in [0.15, 0.2) is 24.3 Å². The van der Waals surface area contributed by atoms with Gasteiger partial charge in [-0.15, -0.1) is 0 Å². The van der Waals surface area contributed by atoms with Gasteiger partial charge >= 0.3 is 11.8 Å². The van der Waals surface area contributed by atoms with Crippen LogP contribution >= 0.6 is 0 Å². The van der Waals surface area contributed by atoms with Crippen molar-refractivity contribution in [3.05, 3.63) is 29.8 Å². The quantitative estimate of drug-likeness (QED) is 0.691. The molecule has 22 heavy (non-hydrogen) atoms. The first-order valence-electron chi connectivity index (χ1n) is 8.17. The van der Waals surface area contributed by atoms with E-state index < -0.39 is 0 Å². The Kier molecular flexibility index (Phi) is 3.94. The van der Waals surface area contributed by atoms with E-state index in [2.05, 4.69) is 13.8 Å². The summed E-state index contributed by atoms with van der Waals surface area (Å²) >= 11 is 0. The van der Waals surface area contributed by atoms with Crippen LogP contribution in [0.25, 0.3) is 0 Å². The molecule has 0 radical (unpaired) electrons. The topological polar surface area (TPSA) is 40.6 Å². The molecule has 0 aromatic heterocycles. The monoisotopic (exact) mass is 300 g/mol. The van der Waals surface area contributed by atoms with E-state index in [0.29, 0.717) is 24.9 Å². The van der Waals surface area contributed by atoms with E-state index in [0.717, 1.165) is 24.1 Å². The first kappa shape index (κ1) is 15.1. The highest BCUT2D eigenvalue weighted by molar-refractivity contribution is 6.40. The van der Waals surface area contributed by atoms with E-state index in [4.69, 9.17) is 0 Å². The maximum absolute atomic E-state index is 12.8. The van der Waals surface area contributed by atoms with Crippen molar-refractivity contribution < 1.29 is 9.59 Å². The Labute approximate surface area is 132 Å². The molecule has 2 heterocycles. The molecular formula is C18H24N2O2. The smallest absolute Gasteiger partial charge is 0.316 e. The number of fused-ring (bicyclic) bond motifs is 1. The zero-order valence-electron chi connectivity index (χ0n) is 13.6. The average Bonchev–Trinajstić information content (AvgIpc) is 2.80. The predicted molar refractivity (Wildman–Crippen MR) is 86.6 cm³/mol. The van der Waals surface area contributed by atoms with Crippen molar-refractivity contribution in [2.75, 3.05) is 18.0 Å². The molecule has 0 aliphatic carbocycles. The Bertz CT molecular complexity index is 589. The number of benzene rings is 1. The van der Waals surface area contributed by atoms with Gasteiger partial charge in [0.2, 0.25) is 0 Å². The number of hydrogen-bond acceptors (Lipinski definition) is 2. The molecule has 1 aromatic carbocycles. The van der Waals surface area contributed by atoms with Crippen molar-refractivity contribution in [1.82, 2.24) is 4.90 Å². The molecular weight excluding hydrogens is 276 g/mol. The van der Waals surface area contributed by atoms with Crippen LogP contribution in [-0.4, -0.2) is 35.8 Å². The lowest BCUT2D eigenvalue weighted by Crippen LogP contribution is -2.51. The third-order valence-electron chi connectivity index (χ3n) is 4.77. The van der Waals surface area contributed by atoms with Crippen molar-refractivity contribution in [2.45, 2.75) is 39.7 Å². The summed E-state index contributed by atoms with van der Waals surface area (Å²) in [5.41, 5.74) is 2.04. The highest BCUT2D eigenvalue weighted by Crippen LogP contribution is 2.32. The fourth-order valence-electron chi connectivity index (χ4n) is 3.94. The lowest BCUT2D eigenvalue weighted by Gasteiger charge is -2.35. The van der Waals surface area contributed by atoms with Gasteiger partial charge in [-0.25, -0.2) is 0 Å². The van der Waals surface area contributed by atoms with Crippen LogP contribution in [0.1, 0.15) is 32.8 Å². The SMILES string of the molecule is CC1CC(C)CN(C(=O)C(=O)N2c3ccccc3CC2C)C1. The maximum Gasteiger partial charge on any atom is 0.316 e. The number of piperidine rings is 1. The van der Waals surface area contributed by atoms with Gasteiger partial charge in [-0.05, 0) is 43.2 Å². The second-order valence-electron chi connectivity index (χ2n) is 7.01. The lowest BCUT2D eigenvalue weighted by molar-refractivity contribution is -0.146. The molecule has 1 saturated heterocycles. The zero-order chi connectivity index (χ0) is 15.9. The number of anilines is 1. The van der Waals surface area contributed by atoms with Gasteiger partial charge in [0, 0.05) is 24.8 Å². The molecule has 118 valence electrons. The van der Waals surface area contributed by atoms with Crippen molar-refractivity contribution in [3.63, 3.8) is 0 Å². The first-order valence-corrected chi connectivity index (χ1v) is 8.17. The molecule has 1 aromatic rings. The molecule has 3 unspecified atom stereocenters. The molecule has 3 atom stereocenters. The number of hydrogen-bond donors (Lipinski definition) is 0. The third kappa shape index (κ3) is 2.62. The normalized spacial score (nSPS) is 27.7. The van der Waals surface area contributed by atoms with Gasteiger partial charge in [0.15, 0.2) is 0 Å². The van der Waals surface area contributed by atoms with E-state index >= 15 is 0 Å². The Morgan fingerprint density at radius 2 is 1.64 bits per heavy atom. The highest BCUT2D eigenvalue weighted by Gasteiger charge is 2.37. The second-order valence-corrected chi connectivity index (χ2v) is 7.01. The van der Waals surface area contributed by atoms with Crippen LogP contribution < -0.4 is 4.90 Å².